The monoisotopic (exact) mass is 570 g/mol. The number of hydrogen-bond donors (Lipinski definition) is 3. The zero-order valence-corrected chi connectivity index (χ0v) is 24.7. The summed E-state index contributed by atoms with van der Waals surface area (Å²) in [5.74, 6) is -2.24. The molecule has 2 rings (SSSR count). The molecule has 0 spiro atoms. The fraction of sp³-hybridized carbons (Fsp3) is 0.484. The van der Waals surface area contributed by atoms with Crippen molar-refractivity contribution < 1.29 is 38.5 Å². The third kappa shape index (κ3) is 13.8. The highest BCUT2D eigenvalue weighted by Crippen LogP contribution is 2.15. The zero-order chi connectivity index (χ0) is 30.6. The molecule has 3 N–H and O–H groups in total. The summed E-state index contributed by atoms with van der Waals surface area (Å²) in [5.41, 5.74) is 0.0198. The number of nitrogens with one attached hydrogen (secondary N) is 2. The van der Waals surface area contributed by atoms with Crippen LogP contribution in [0.5, 0.6) is 5.75 Å². The van der Waals surface area contributed by atoms with Crippen molar-refractivity contribution in [2.24, 2.45) is 0 Å². The van der Waals surface area contributed by atoms with Crippen LogP contribution in [0.15, 0.2) is 54.6 Å². The van der Waals surface area contributed by atoms with E-state index in [9.17, 15) is 24.3 Å². The van der Waals surface area contributed by atoms with Gasteiger partial charge in [0.2, 0.25) is 5.91 Å². The molecule has 2 unspecified atom stereocenters. The standard InChI is InChI=1S/C31H42N2O8/c1-30(2,3)40-28(37)24(16-17-27(36)39-20-22-10-8-7-9-11-22)33-26(35)19-32-25(29(38)41-31(4,5)6)18-21-12-14-23(34)15-13-21/h7-15,24-25,32,34H,16-20H2,1-6H3,(H,33,35). The van der Waals surface area contributed by atoms with E-state index >= 15 is 0 Å². The van der Waals surface area contributed by atoms with E-state index in [1.54, 1.807) is 53.7 Å². The second-order valence-electron chi connectivity index (χ2n) is 11.7. The maximum absolute atomic E-state index is 12.9. The van der Waals surface area contributed by atoms with Crippen molar-refractivity contribution in [3.8, 4) is 5.75 Å². The van der Waals surface area contributed by atoms with Gasteiger partial charge < -0.3 is 24.6 Å². The highest BCUT2D eigenvalue weighted by atomic mass is 16.6. The van der Waals surface area contributed by atoms with Crippen LogP contribution < -0.4 is 10.6 Å². The topological polar surface area (TPSA) is 140 Å². The number of esters is 3. The fourth-order valence-electron chi connectivity index (χ4n) is 3.64. The smallest absolute Gasteiger partial charge is 0.329 e. The molecule has 0 saturated heterocycles. The molecule has 0 aromatic heterocycles. The number of phenolic OH excluding ortho intramolecular Hbond substituents is 1. The maximum atomic E-state index is 12.9. The predicted octanol–water partition coefficient (Wildman–Crippen LogP) is 3.58. The summed E-state index contributed by atoms with van der Waals surface area (Å²) in [7, 11) is 0. The Morgan fingerprint density at radius 3 is 1.90 bits per heavy atom. The van der Waals surface area contributed by atoms with Crippen molar-refractivity contribution in [2.75, 3.05) is 6.54 Å². The first kappa shape index (κ1) is 33.3. The van der Waals surface area contributed by atoms with Crippen molar-refractivity contribution in [2.45, 2.75) is 90.7 Å². The molecule has 0 fully saturated rings. The lowest BCUT2D eigenvalue weighted by Gasteiger charge is -2.26. The third-order valence-electron chi connectivity index (χ3n) is 5.48. The number of carbonyl (C=O) groups is 4. The Kier molecular flexibility index (Phi) is 12.3. The SMILES string of the molecule is CC(C)(C)OC(=O)C(Cc1ccc(O)cc1)NCC(=O)NC(CCC(=O)OCc1ccccc1)C(=O)OC(C)(C)C. The van der Waals surface area contributed by atoms with Gasteiger partial charge in [-0.2, -0.15) is 0 Å². The van der Waals surface area contributed by atoms with E-state index in [2.05, 4.69) is 10.6 Å². The van der Waals surface area contributed by atoms with Gasteiger partial charge in [0.05, 0.1) is 6.54 Å². The van der Waals surface area contributed by atoms with Gasteiger partial charge in [-0.05, 0) is 77.6 Å². The molecule has 0 bridgehead atoms. The maximum Gasteiger partial charge on any atom is 0.329 e. The molecule has 2 atom stereocenters. The largest absolute Gasteiger partial charge is 0.508 e. The normalized spacial score (nSPS) is 13.0. The van der Waals surface area contributed by atoms with E-state index in [-0.39, 0.29) is 38.2 Å². The van der Waals surface area contributed by atoms with Crippen LogP contribution in [0.4, 0.5) is 0 Å². The zero-order valence-electron chi connectivity index (χ0n) is 24.7. The molecule has 10 heteroatoms. The van der Waals surface area contributed by atoms with E-state index in [0.717, 1.165) is 11.1 Å². The van der Waals surface area contributed by atoms with Crippen LogP contribution in [0.1, 0.15) is 65.5 Å². The van der Waals surface area contributed by atoms with Gasteiger partial charge in [-0.25, -0.2) is 4.79 Å². The van der Waals surface area contributed by atoms with Crippen LogP contribution in [0.25, 0.3) is 0 Å². The third-order valence-corrected chi connectivity index (χ3v) is 5.48. The molecule has 1 amide bonds. The summed E-state index contributed by atoms with van der Waals surface area (Å²) in [4.78, 5) is 51.0. The number of phenols is 1. The van der Waals surface area contributed by atoms with Gasteiger partial charge in [0.25, 0.3) is 0 Å². The van der Waals surface area contributed by atoms with Crippen LogP contribution >= 0.6 is 0 Å². The Balaban J connectivity index is 2.03. The lowest BCUT2D eigenvalue weighted by Crippen LogP contribution is -2.50. The van der Waals surface area contributed by atoms with Gasteiger partial charge >= 0.3 is 17.9 Å². The summed E-state index contributed by atoms with van der Waals surface area (Å²) in [6.07, 6.45) is 0.0499. The minimum absolute atomic E-state index is 0.0305. The summed E-state index contributed by atoms with van der Waals surface area (Å²) >= 11 is 0. The number of aromatic hydroxyl groups is 1. The number of carbonyl (C=O) groups excluding carboxylic acids is 4. The lowest BCUT2D eigenvalue weighted by molar-refractivity contribution is -0.160. The molecule has 41 heavy (non-hydrogen) atoms. The molecule has 0 radical (unpaired) electrons. The first-order chi connectivity index (χ1) is 19.1. The Morgan fingerprint density at radius 1 is 0.780 bits per heavy atom. The highest BCUT2D eigenvalue weighted by molar-refractivity contribution is 5.86. The van der Waals surface area contributed by atoms with Gasteiger partial charge in [-0.3, -0.25) is 19.7 Å². The van der Waals surface area contributed by atoms with E-state index in [1.165, 1.54) is 12.1 Å². The molecule has 0 aliphatic rings. The summed E-state index contributed by atoms with van der Waals surface area (Å²) in [6.45, 7) is 10.1. The second kappa shape index (κ2) is 15.2. The van der Waals surface area contributed by atoms with Crippen molar-refractivity contribution >= 4 is 23.8 Å². The van der Waals surface area contributed by atoms with Crippen molar-refractivity contribution in [1.29, 1.82) is 0 Å². The van der Waals surface area contributed by atoms with Gasteiger partial charge in [-0.15, -0.1) is 0 Å². The van der Waals surface area contributed by atoms with E-state index in [1.807, 2.05) is 30.3 Å². The van der Waals surface area contributed by atoms with E-state index in [4.69, 9.17) is 14.2 Å². The Bertz CT molecular complexity index is 1150. The summed E-state index contributed by atoms with van der Waals surface area (Å²) in [5, 5.41) is 15.1. The van der Waals surface area contributed by atoms with Gasteiger partial charge in [0.15, 0.2) is 0 Å². The average Bonchev–Trinajstić information content (AvgIpc) is 2.87. The van der Waals surface area contributed by atoms with Gasteiger partial charge in [-0.1, -0.05) is 42.5 Å². The molecule has 10 nitrogen and oxygen atoms in total. The van der Waals surface area contributed by atoms with Crippen LogP contribution in [0.2, 0.25) is 0 Å². The molecular weight excluding hydrogens is 528 g/mol. The molecule has 0 aliphatic heterocycles. The van der Waals surface area contributed by atoms with Gasteiger partial charge in [0, 0.05) is 6.42 Å². The Morgan fingerprint density at radius 2 is 1.34 bits per heavy atom. The molecular formula is C31H42N2O8. The highest BCUT2D eigenvalue weighted by Gasteiger charge is 2.29. The van der Waals surface area contributed by atoms with Crippen molar-refractivity contribution in [1.82, 2.24) is 10.6 Å². The molecule has 2 aromatic rings. The molecule has 0 aliphatic carbocycles. The molecule has 2 aromatic carbocycles. The van der Waals surface area contributed by atoms with E-state index < -0.39 is 47.1 Å². The molecule has 224 valence electrons. The Hall–Kier alpha value is -3.92. The number of benzene rings is 2. The van der Waals surface area contributed by atoms with E-state index in [0.29, 0.717) is 0 Å². The number of amides is 1. The first-order valence-corrected chi connectivity index (χ1v) is 13.6. The number of hydrogen-bond acceptors (Lipinski definition) is 9. The van der Waals surface area contributed by atoms with Crippen LogP contribution in [-0.2, 0) is 46.4 Å². The van der Waals surface area contributed by atoms with Crippen molar-refractivity contribution in [3.63, 3.8) is 0 Å². The number of rotatable bonds is 13. The molecule has 0 saturated carbocycles. The number of ether oxygens (including phenoxy) is 3. The lowest BCUT2D eigenvalue weighted by atomic mass is 10.1. The van der Waals surface area contributed by atoms with Crippen LogP contribution in [-0.4, -0.2) is 58.8 Å². The Labute approximate surface area is 241 Å². The minimum Gasteiger partial charge on any atom is -0.508 e. The minimum atomic E-state index is -1.11. The summed E-state index contributed by atoms with van der Waals surface area (Å²) in [6, 6.07) is 13.6. The van der Waals surface area contributed by atoms with Crippen molar-refractivity contribution in [3.05, 3.63) is 65.7 Å². The summed E-state index contributed by atoms with van der Waals surface area (Å²) < 4.78 is 16.3. The quantitative estimate of drug-likeness (QED) is 0.243. The fourth-order valence-corrected chi connectivity index (χ4v) is 3.64. The second-order valence-corrected chi connectivity index (χ2v) is 11.7. The molecule has 0 heterocycles. The predicted molar refractivity (Wildman–Crippen MR) is 153 cm³/mol. The van der Waals surface area contributed by atoms with Crippen LogP contribution in [0.3, 0.4) is 0 Å². The average molecular weight is 571 g/mol. The first-order valence-electron chi connectivity index (χ1n) is 13.6. The van der Waals surface area contributed by atoms with Gasteiger partial charge in [0.1, 0.15) is 35.6 Å². The van der Waals surface area contributed by atoms with Crippen LogP contribution in [0, 0.1) is 0 Å².